The van der Waals surface area contributed by atoms with Crippen LogP contribution in [0, 0.1) is 6.92 Å². The monoisotopic (exact) mass is 259 g/mol. The molecule has 0 spiro atoms. The van der Waals surface area contributed by atoms with Crippen LogP contribution in [0.5, 0.6) is 5.75 Å². The number of aromatic nitrogens is 2. The van der Waals surface area contributed by atoms with Crippen LogP contribution in [0.25, 0.3) is 0 Å². The first kappa shape index (κ1) is 13.6. The predicted octanol–water partition coefficient (Wildman–Crippen LogP) is 2.55. The van der Waals surface area contributed by atoms with Crippen molar-refractivity contribution in [3.05, 3.63) is 47.8 Å². The molecular formula is C15H21N3O. The SMILES string of the molecule is CCNC(Cn1nccc1C)c1ccc(OC)cc1. The fourth-order valence-corrected chi connectivity index (χ4v) is 2.13. The lowest BCUT2D eigenvalue weighted by molar-refractivity contribution is 0.413. The highest BCUT2D eigenvalue weighted by atomic mass is 16.5. The summed E-state index contributed by atoms with van der Waals surface area (Å²) in [7, 11) is 1.68. The molecule has 0 amide bonds. The fraction of sp³-hybridized carbons (Fsp3) is 0.400. The topological polar surface area (TPSA) is 39.1 Å². The number of methoxy groups -OCH3 is 1. The summed E-state index contributed by atoms with van der Waals surface area (Å²) in [6.07, 6.45) is 1.84. The highest BCUT2D eigenvalue weighted by Gasteiger charge is 2.12. The molecule has 0 aliphatic carbocycles. The zero-order valence-electron chi connectivity index (χ0n) is 11.8. The van der Waals surface area contributed by atoms with Crippen molar-refractivity contribution in [2.24, 2.45) is 0 Å². The first-order valence-corrected chi connectivity index (χ1v) is 6.60. The molecule has 0 saturated carbocycles. The van der Waals surface area contributed by atoms with Crippen LogP contribution >= 0.6 is 0 Å². The lowest BCUT2D eigenvalue weighted by Gasteiger charge is -2.19. The molecule has 102 valence electrons. The van der Waals surface area contributed by atoms with Crippen molar-refractivity contribution < 1.29 is 4.74 Å². The van der Waals surface area contributed by atoms with Crippen molar-refractivity contribution in [2.45, 2.75) is 26.4 Å². The first-order valence-electron chi connectivity index (χ1n) is 6.60. The van der Waals surface area contributed by atoms with Gasteiger partial charge in [-0.2, -0.15) is 5.10 Å². The minimum absolute atomic E-state index is 0.259. The third-order valence-corrected chi connectivity index (χ3v) is 3.25. The molecule has 4 heteroatoms. The van der Waals surface area contributed by atoms with E-state index in [9.17, 15) is 0 Å². The average Bonchev–Trinajstić information content (AvgIpc) is 2.84. The minimum atomic E-state index is 0.259. The van der Waals surface area contributed by atoms with Gasteiger partial charge in [0.15, 0.2) is 0 Å². The van der Waals surface area contributed by atoms with Crippen LogP contribution in [-0.2, 0) is 6.54 Å². The van der Waals surface area contributed by atoms with E-state index in [0.717, 1.165) is 18.8 Å². The normalized spacial score (nSPS) is 12.4. The second kappa shape index (κ2) is 6.38. The molecule has 1 aromatic carbocycles. The fourth-order valence-electron chi connectivity index (χ4n) is 2.13. The summed E-state index contributed by atoms with van der Waals surface area (Å²) < 4.78 is 7.22. The molecule has 0 aliphatic rings. The van der Waals surface area contributed by atoms with Gasteiger partial charge in [0.1, 0.15) is 5.75 Å². The summed E-state index contributed by atoms with van der Waals surface area (Å²) in [6, 6.07) is 10.5. The van der Waals surface area contributed by atoms with Crippen LogP contribution in [0.1, 0.15) is 24.2 Å². The second-order valence-corrected chi connectivity index (χ2v) is 4.54. The second-order valence-electron chi connectivity index (χ2n) is 4.54. The molecule has 1 unspecified atom stereocenters. The first-order chi connectivity index (χ1) is 9.24. The van der Waals surface area contributed by atoms with Gasteiger partial charge in [0.2, 0.25) is 0 Å². The Labute approximate surface area is 114 Å². The Morgan fingerprint density at radius 3 is 2.53 bits per heavy atom. The Morgan fingerprint density at radius 2 is 2.00 bits per heavy atom. The predicted molar refractivity (Wildman–Crippen MR) is 76.4 cm³/mol. The maximum atomic E-state index is 5.20. The summed E-state index contributed by atoms with van der Waals surface area (Å²) in [6.45, 7) is 5.95. The lowest BCUT2D eigenvalue weighted by atomic mass is 10.1. The molecule has 0 bridgehead atoms. The van der Waals surface area contributed by atoms with Gasteiger partial charge in [-0.05, 0) is 37.2 Å². The van der Waals surface area contributed by atoms with Crippen molar-refractivity contribution >= 4 is 0 Å². The molecule has 1 atom stereocenters. The lowest BCUT2D eigenvalue weighted by Crippen LogP contribution is -2.26. The number of benzene rings is 1. The van der Waals surface area contributed by atoms with E-state index in [1.807, 2.05) is 29.1 Å². The van der Waals surface area contributed by atoms with Crippen LogP contribution < -0.4 is 10.1 Å². The summed E-state index contributed by atoms with van der Waals surface area (Å²) in [5.74, 6) is 0.884. The van der Waals surface area contributed by atoms with Crippen molar-refractivity contribution in [1.29, 1.82) is 0 Å². The van der Waals surface area contributed by atoms with E-state index in [4.69, 9.17) is 4.74 Å². The van der Waals surface area contributed by atoms with Crippen molar-refractivity contribution in [1.82, 2.24) is 15.1 Å². The number of aryl methyl sites for hydroxylation is 1. The minimum Gasteiger partial charge on any atom is -0.497 e. The van der Waals surface area contributed by atoms with Gasteiger partial charge in [0.25, 0.3) is 0 Å². The Bertz CT molecular complexity index is 504. The van der Waals surface area contributed by atoms with Gasteiger partial charge in [-0.25, -0.2) is 0 Å². The zero-order valence-corrected chi connectivity index (χ0v) is 11.8. The number of ether oxygens (including phenoxy) is 1. The van der Waals surface area contributed by atoms with Crippen LogP contribution in [0.3, 0.4) is 0 Å². The highest BCUT2D eigenvalue weighted by molar-refractivity contribution is 5.29. The van der Waals surface area contributed by atoms with Gasteiger partial charge in [0, 0.05) is 11.9 Å². The average molecular weight is 259 g/mol. The number of hydrogen-bond donors (Lipinski definition) is 1. The van der Waals surface area contributed by atoms with Crippen molar-refractivity contribution in [3.63, 3.8) is 0 Å². The summed E-state index contributed by atoms with van der Waals surface area (Å²) in [4.78, 5) is 0. The molecule has 0 fully saturated rings. The smallest absolute Gasteiger partial charge is 0.118 e. The summed E-state index contributed by atoms with van der Waals surface area (Å²) in [5, 5.41) is 7.85. The molecule has 2 rings (SSSR count). The van der Waals surface area contributed by atoms with Crippen molar-refractivity contribution in [3.8, 4) is 5.75 Å². The van der Waals surface area contributed by atoms with Crippen LogP contribution in [0.2, 0.25) is 0 Å². The number of likely N-dealkylation sites (N-methyl/N-ethyl adjacent to an activating group) is 1. The molecule has 1 N–H and O–H groups in total. The largest absolute Gasteiger partial charge is 0.497 e. The van der Waals surface area contributed by atoms with E-state index in [2.05, 4.69) is 36.4 Å². The van der Waals surface area contributed by atoms with E-state index in [0.29, 0.717) is 0 Å². The van der Waals surface area contributed by atoms with Crippen LogP contribution in [0.15, 0.2) is 36.5 Å². The van der Waals surface area contributed by atoms with Crippen LogP contribution in [0.4, 0.5) is 0 Å². The maximum absolute atomic E-state index is 5.20. The van der Waals surface area contributed by atoms with E-state index < -0.39 is 0 Å². The van der Waals surface area contributed by atoms with Gasteiger partial charge in [-0.3, -0.25) is 4.68 Å². The molecule has 4 nitrogen and oxygen atoms in total. The number of nitrogens with one attached hydrogen (secondary N) is 1. The molecule has 0 saturated heterocycles. The molecular weight excluding hydrogens is 238 g/mol. The van der Waals surface area contributed by atoms with Gasteiger partial charge in [-0.15, -0.1) is 0 Å². The van der Waals surface area contributed by atoms with Gasteiger partial charge < -0.3 is 10.1 Å². The Morgan fingerprint density at radius 1 is 1.26 bits per heavy atom. The molecule has 19 heavy (non-hydrogen) atoms. The Balaban J connectivity index is 2.16. The third kappa shape index (κ3) is 3.35. The van der Waals surface area contributed by atoms with E-state index in [1.54, 1.807) is 7.11 Å². The molecule has 0 radical (unpaired) electrons. The molecule has 1 heterocycles. The Hall–Kier alpha value is -1.81. The highest BCUT2D eigenvalue weighted by Crippen LogP contribution is 2.19. The van der Waals surface area contributed by atoms with Gasteiger partial charge in [-0.1, -0.05) is 19.1 Å². The molecule has 0 aliphatic heterocycles. The van der Waals surface area contributed by atoms with Gasteiger partial charge in [0.05, 0.1) is 19.7 Å². The van der Waals surface area contributed by atoms with E-state index >= 15 is 0 Å². The maximum Gasteiger partial charge on any atom is 0.118 e. The molecule has 2 aromatic rings. The quantitative estimate of drug-likeness (QED) is 0.866. The molecule has 1 aromatic heterocycles. The third-order valence-electron chi connectivity index (χ3n) is 3.25. The standard InChI is InChI=1S/C15H21N3O/c1-4-16-15(11-18-12(2)9-10-17-18)13-5-7-14(19-3)8-6-13/h5-10,15-16H,4,11H2,1-3H3. The van der Waals surface area contributed by atoms with E-state index in [1.165, 1.54) is 11.3 Å². The van der Waals surface area contributed by atoms with Gasteiger partial charge >= 0.3 is 0 Å². The summed E-state index contributed by atoms with van der Waals surface area (Å²) >= 11 is 0. The number of rotatable bonds is 6. The van der Waals surface area contributed by atoms with Crippen molar-refractivity contribution in [2.75, 3.05) is 13.7 Å². The zero-order chi connectivity index (χ0) is 13.7. The van der Waals surface area contributed by atoms with E-state index in [-0.39, 0.29) is 6.04 Å². The number of hydrogen-bond acceptors (Lipinski definition) is 3. The number of nitrogens with zero attached hydrogens (tertiary/aromatic N) is 2. The van der Waals surface area contributed by atoms with Crippen LogP contribution in [-0.4, -0.2) is 23.4 Å². The summed E-state index contributed by atoms with van der Waals surface area (Å²) in [5.41, 5.74) is 2.42. The Kier molecular flexibility index (Phi) is 4.58.